The van der Waals surface area contributed by atoms with Crippen molar-refractivity contribution in [2.75, 3.05) is 13.7 Å². The van der Waals surface area contributed by atoms with Gasteiger partial charge < -0.3 is 14.6 Å². The number of benzene rings is 3. The molecule has 36 heavy (non-hydrogen) atoms. The second-order valence-corrected chi connectivity index (χ2v) is 9.66. The highest BCUT2D eigenvalue weighted by Gasteiger charge is 2.32. The highest BCUT2D eigenvalue weighted by Crippen LogP contribution is 2.36. The largest absolute Gasteiger partial charge is 0.493 e. The van der Waals surface area contributed by atoms with E-state index in [9.17, 15) is 9.59 Å². The molecule has 3 aromatic carbocycles. The molecule has 9 heteroatoms. The Kier molecular flexibility index (Phi) is 8.12. The van der Waals surface area contributed by atoms with Crippen LogP contribution in [0.4, 0.5) is 5.69 Å². The van der Waals surface area contributed by atoms with E-state index in [1.54, 1.807) is 30.2 Å². The van der Waals surface area contributed by atoms with Gasteiger partial charge in [-0.3, -0.25) is 9.69 Å². The van der Waals surface area contributed by atoms with E-state index in [-0.39, 0.29) is 11.5 Å². The lowest BCUT2D eigenvalue weighted by atomic mass is 10.1. The first-order chi connectivity index (χ1) is 17.4. The average Bonchev–Trinajstić information content (AvgIpc) is 3.17. The van der Waals surface area contributed by atoms with Crippen LogP contribution < -0.4 is 9.47 Å². The van der Waals surface area contributed by atoms with Crippen LogP contribution in [0.25, 0.3) is 6.08 Å². The van der Waals surface area contributed by atoms with Crippen LogP contribution in [0.1, 0.15) is 28.4 Å². The van der Waals surface area contributed by atoms with Gasteiger partial charge in [-0.2, -0.15) is 0 Å². The Labute approximate surface area is 221 Å². The molecule has 0 atom stereocenters. The molecule has 0 saturated carbocycles. The number of rotatable bonds is 8. The van der Waals surface area contributed by atoms with Crippen LogP contribution >= 0.6 is 27.7 Å². The number of methoxy groups -OCH3 is 1. The Morgan fingerprint density at radius 3 is 2.44 bits per heavy atom. The number of aromatic carboxylic acids is 1. The fourth-order valence-electron chi connectivity index (χ4n) is 3.45. The van der Waals surface area contributed by atoms with Gasteiger partial charge in [-0.15, -0.1) is 0 Å². The number of carbonyl (C=O) groups excluding carboxylic acids is 1. The van der Waals surface area contributed by atoms with Crippen molar-refractivity contribution in [3.8, 4) is 11.5 Å². The van der Waals surface area contributed by atoms with Crippen molar-refractivity contribution < 1.29 is 24.2 Å². The van der Waals surface area contributed by atoms with Crippen molar-refractivity contribution in [2.45, 2.75) is 13.5 Å². The summed E-state index contributed by atoms with van der Waals surface area (Å²) in [7, 11) is 1.58. The third-order valence-corrected chi connectivity index (χ3v) is 6.87. The SMILES string of the molecule is CCN1C(=O)/C(=C/c2ccc(OCc3ccc(Br)cc3)c(OC)c2)SC1=Nc1ccc(C(=O)O)cc1. The summed E-state index contributed by atoms with van der Waals surface area (Å²) < 4.78 is 12.5. The molecule has 1 saturated heterocycles. The highest BCUT2D eigenvalue weighted by molar-refractivity contribution is 9.10. The van der Waals surface area contributed by atoms with Gasteiger partial charge in [-0.05, 0) is 84.4 Å². The predicted molar refractivity (Wildman–Crippen MR) is 145 cm³/mol. The molecule has 184 valence electrons. The van der Waals surface area contributed by atoms with E-state index in [0.29, 0.717) is 40.4 Å². The number of halogens is 1. The van der Waals surface area contributed by atoms with Gasteiger partial charge in [-0.25, -0.2) is 9.79 Å². The molecule has 1 aliphatic heterocycles. The first kappa shape index (κ1) is 25.5. The minimum absolute atomic E-state index is 0.141. The van der Waals surface area contributed by atoms with Crippen LogP contribution in [0.15, 0.2) is 81.1 Å². The maximum atomic E-state index is 13.0. The second-order valence-electron chi connectivity index (χ2n) is 7.73. The van der Waals surface area contributed by atoms with Crippen LogP contribution in [0.5, 0.6) is 11.5 Å². The van der Waals surface area contributed by atoms with Gasteiger partial charge >= 0.3 is 5.97 Å². The third kappa shape index (κ3) is 5.98. The molecule has 0 aliphatic carbocycles. The number of ether oxygens (including phenoxy) is 2. The normalized spacial score (nSPS) is 15.5. The summed E-state index contributed by atoms with van der Waals surface area (Å²) in [6.45, 7) is 2.74. The Hall–Kier alpha value is -3.56. The van der Waals surface area contributed by atoms with Gasteiger partial charge in [-0.1, -0.05) is 34.1 Å². The van der Waals surface area contributed by atoms with Gasteiger partial charge in [0.1, 0.15) is 6.61 Å². The lowest BCUT2D eigenvalue weighted by molar-refractivity contribution is -0.122. The molecule has 1 amide bonds. The van der Waals surface area contributed by atoms with Crippen LogP contribution in [-0.2, 0) is 11.4 Å². The predicted octanol–water partition coefficient (Wildman–Crippen LogP) is 6.36. The van der Waals surface area contributed by atoms with Gasteiger partial charge in [0, 0.05) is 11.0 Å². The first-order valence-corrected chi connectivity index (χ1v) is 12.7. The van der Waals surface area contributed by atoms with Crippen molar-refractivity contribution >= 4 is 56.5 Å². The van der Waals surface area contributed by atoms with Gasteiger partial charge in [0.05, 0.1) is 23.3 Å². The van der Waals surface area contributed by atoms with Crippen molar-refractivity contribution in [1.29, 1.82) is 0 Å². The van der Waals surface area contributed by atoms with E-state index in [0.717, 1.165) is 15.6 Å². The quantitative estimate of drug-likeness (QED) is 0.319. The number of amides is 1. The summed E-state index contributed by atoms with van der Waals surface area (Å²) in [6.07, 6.45) is 1.80. The molecule has 0 aromatic heterocycles. The Morgan fingerprint density at radius 2 is 1.81 bits per heavy atom. The first-order valence-electron chi connectivity index (χ1n) is 11.1. The van der Waals surface area contributed by atoms with E-state index in [4.69, 9.17) is 14.6 Å². The Bertz CT molecular complexity index is 1340. The fraction of sp³-hybridized carbons (Fsp3) is 0.148. The van der Waals surface area contributed by atoms with Crippen LogP contribution in [0, 0.1) is 0 Å². The van der Waals surface area contributed by atoms with E-state index >= 15 is 0 Å². The lowest BCUT2D eigenvalue weighted by Gasteiger charge is -2.12. The van der Waals surface area contributed by atoms with Crippen LogP contribution in [0.3, 0.4) is 0 Å². The molecule has 4 rings (SSSR count). The number of hydrogen-bond acceptors (Lipinski definition) is 6. The van der Waals surface area contributed by atoms with Crippen molar-refractivity contribution in [1.82, 2.24) is 4.90 Å². The number of carboxylic acids is 1. The van der Waals surface area contributed by atoms with Gasteiger partial charge in [0.25, 0.3) is 5.91 Å². The molecular formula is C27H23BrN2O5S. The summed E-state index contributed by atoms with van der Waals surface area (Å²) in [5, 5.41) is 9.62. The maximum absolute atomic E-state index is 13.0. The van der Waals surface area contributed by atoms with Crippen molar-refractivity contribution in [2.24, 2.45) is 4.99 Å². The van der Waals surface area contributed by atoms with Gasteiger partial charge in [0.2, 0.25) is 0 Å². The smallest absolute Gasteiger partial charge is 0.335 e. The van der Waals surface area contributed by atoms with Crippen LogP contribution in [-0.4, -0.2) is 40.7 Å². The standard InChI is InChI=1S/C27H23BrN2O5S/c1-3-30-25(31)24(36-27(30)29-21-11-7-19(8-12-21)26(32)33)15-18-6-13-22(23(14-18)34-2)35-16-17-4-9-20(28)10-5-17/h4-15H,3,16H2,1-2H3,(H,32,33)/b24-15-,29-27?. The monoisotopic (exact) mass is 566 g/mol. The van der Waals surface area contributed by atoms with Crippen molar-refractivity contribution in [3.05, 3.63) is 92.8 Å². The summed E-state index contributed by atoms with van der Waals surface area (Å²) in [5.41, 5.74) is 2.58. The molecule has 3 aromatic rings. The number of carboxylic acid groups (broad SMARTS) is 1. The number of amidine groups is 1. The molecular weight excluding hydrogens is 544 g/mol. The Balaban J connectivity index is 1.53. The highest BCUT2D eigenvalue weighted by atomic mass is 79.9. The number of thioether (sulfide) groups is 1. The summed E-state index contributed by atoms with van der Waals surface area (Å²) in [5.74, 6) is 0.0324. The summed E-state index contributed by atoms with van der Waals surface area (Å²) in [6, 6.07) is 19.6. The Morgan fingerprint density at radius 1 is 1.08 bits per heavy atom. The molecule has 1 aliphatic rings. The maximum Gasteiger partial charge on any atom is 0.335 e. The van der Waals surface area contributed by atoms with E-state index in [2.05, 4.69) is 20.9 Å². The van der Waals surface area contributed by atoms with Crippen LogP contribution in [0.2, 0.25) is 0 Å². The lowest BCUT2D eigenvalue weighted by Crippen LogP contribution is -2.28. The molecule has 1 N–H and O–H groups in total. The third-order valence-electron chi connectivity index (χ3n) is 5.34. The van der Waals surface area contributed by atoms with E-state index < -0.39 is 5.97 Å². The van der Waals surface area contributed by atoms with Gasteiger partial charge in [0.15, 0.2) is 16.7 Å². The molecule has 0 unspecified atom stereocenters. The second kappa shape index (κ2) is 11.5. The minimum atomic E-state index is -1.000. The fourth-order valence-corrected chi connectivity index (χ4v) is 4.77. The number of hydrogen-bond donors (Lipinski definition) is 1. The molecule has 1 fully saturated rings. The van der Waals surface area contributed by atoms with Crippen molar-refractivity contribution in [3.63, 3.8) is 0 Å². The molecule has 0 radical (unpaired) electrons. The zero-order valence-electron chi connectivity index (χ0n) is 19.6. The number of nitrogens with zero attached hydrogens (tertiary/aromatic N) is 2. The topological polar surface area (TPSA) is 88.4 Å². The zero-order chi connectivity index (χ0) is 25.7. The average molecular weight is 567 g/mol. The summed E-state index contributed by atoms with van der Waals surface area (Å²) >= 11 is 4.70. The molecule has 0 bridgehead atoms. The number of likely N-dealkylation sites (N-methyl/N-ethyl adjacent to an activating group) is 1. The zero-order valence-corrected chi connectivity index (χ0v) is 22.0. The molecule has 7 nitrogen and oxygen atoms in total. The minimum Gasteiger partial charge on any atom is -0.493 e. The van der Waals surface area contributed by atoms with E-state index in [1.165, 1.54) is 23.9 Å². The number of aliphatic imine (C=N–C) groups is 1. The molecule has 1 heterocycles. The molecule has 0 spiro atoms. The summed E-state index contributed by atoms with van der Waals surface area (Å²) in [4.78, 5) is 30.8. The number of carbonyl (C=O) groups is 2. The van der Waals surface area contributed by atoms with E-state index in [1.807, 2.05) is 49.4 Å².